The van der Waals surface area contributed by atoms with E-state index in [0.717, 1.165) is 12.8 Å². The van der Waals surface area contributed by atoms with Crippen molar-refractivity contribution < 1.29 is 4.52 Å². The summed E-state index contributed by atoms with van der Waals surface area (Å²) in [5.74, 6) is 1.38. The molecular formula is C13H17N3O. The van der Waals surface area contributed by atoms with Gasteiger partial charge in [-0.1, -0.05) is 35.5 Å². The van der Waals surface area contributed by atoms with Crippen LogP contribution in [-0.4, -0.2) is 16.2 Å². The summed E-state index contributed by atoms with van der Waals surface area (Å²) in [6.07, 6.45) is 2.35. The SMILES string of the molecule is CC(N)Cc1noc(CCc2ccccc2)n1. The minimum Gasteiger partial charge on any atom is -0.339 e. The van der Waals surface area contributed by atoms with Crippen LogP contribution < -0.4 is 5.73 Å². The van der Waals surface area contributed by atoms with E-state index in [2.05, 4.69) is 22.3 Å². The monoisotopic (exact) mass is 231 g/mol. The van der Waals surface area contributed by atoms with Gasteiger partial charge in [-0.05, 0) is 18.9 Å². The van der Waals surface area contributed by atoms with E-state index >= 15 is 0 Å². The third-order valence-corrected chi connectivity index (χ3v) is 2.49. The highest BCUT2D eigenvalue weighted by Crippen LogP contribution is 2.06. The number of benzene rings is 1. The second-order valence-electron chi connectivity index (χ2n) is 4.27. The molecule has 0 bridgehead atoms. The molecule has 90 valence electrons. The summed E-state index contributed by atoms with van der Waals surface area (Å²) in [5.41, 5.74) is 6.95. The number of aromatic nitrogens is 2. The van der Waals surface area contributed by atoms with Crippen LogP contribution >= 0.6 is 0 Å². The van der Waals surface area contributed by atoms with Gasteiger partial charge in [0.1, 0.15) is 0 Å². The van der Waals surface area contributed by atoms with E-state index in [1.165, 1.54) is 5.56 Å². The average molecular weight is 231 g/mol. The molecule has 1 aromatic carbocycles. The zero-order chi connectivity index (χ0) is 12.1. The molecule has 0 aliphatic heterocycles. The van der Waals surface area contributed by atoms with Gasteiger partial charge in [0.25, 0.3) is 0 Å². The summed E-state index contributed by atoms with van der Waals surface area (Å²) in [4.78, 5) is 4.31. The summed E-state index contributed by atoms with van der Waals surface area (Å²) in [7, 11) is 0. The van der Waals surface area contributed by atoms with E-state index in [4.69, 9.17) is 10.3 Å². The van der Waals surface area contributed by atoms with E-state index in [1.807, 2.05) is 25.1 Å². The Balaban J connectivity index is 1.89. The first-order valence-corrected chi connectivity index (χ1v) is 5.85. The molecule has 4 heteroatoms. The highest BCUT2D eigenvalue weighted by atomic mass is 16.5. The van der Waals surface area contributed by atoms with Gasteiger partial charge >= 0.3 is 0 Å². The van der Waals surface area contributed by atoms with Crippen molar-refractivity contribution in [2.45, 2.75) is 32.2 Å². The molecule has 2 aromatic rings. The highest BCUT2D eigenvalue weighted by Gasteiger charge is 2.07. The number of rotatable bonds is 5. The zero-order valence-corrected chi connectivity index (χ0v) is 9.97. The number of aryl methyl sites for hydroxylation is 2. The topological polar surface area (TPSA) is 64.9 Å². The summed E-state index contributed by atoms with van der Waals surface area (Å²) in [6.45, 7) is 1.93. The zero-order valence-electron chi connectivity index (χ0n) is 9.97. The smallest absolute Gasteiger partial charge is 0.226 e. The van der Waals surface area contributed by atoms with Gasteiger partial charge in [-0.2, -0.15) is 4.98 Å². The summed E-state index contributed by atoms with van der Waals surface area (Å²) < 4.78 is 5.17. The molecule has 0 spiro atoms. The Morgan fingerprint density at radius 2 is 2.00 bits per heavy atom. The van der Waals surface area contributed by atoms with Gasteiger partial charge in [0.2, 0.25) is 5.89 Å². The minimum atomic E-state index is 0.0644. The number of hydrogen-bond donors (Lipinski definition) is 1. The van der Waals surface area contributed by atoms with Crippen LogP contribution in [0.3, 0.4) is 0 Å². The molecule has 0 fully saturated rings. The van der Waals surface area contributed by atoms with Gasteiger partial charge in [0.15, 0.2) is 5.82 Å². The Morgan fingerprint density at radius 3 is 2.71 bits per heavy atom. The van der Waals surface area contributed by atoms with Crippen LogP contribution in [0.1, 0.15) is 24.2 Å². The Bertz CT molecular complexity index is 451. The molecule has 0 amide bonds. The van der Waals surface area contributed by atoms with E-state index in [1.54, 1.807) is 0 Å². The molecule has 1 aromatic heterocycles. The fourth-order valence-electron chi connectivity index (χ4n) is 1.66. The Labute approximate surface area is 101 Å². The number of nitrogens with zero attached hydrogens (tertiary/aromatic N) is 2. The Kier molecular flexibility index (Phi) is 3.88. The predicted molar refractivity (Wildman–Crippen MR) is 65.5 cm³/mol. The second-order valence-corrected chi connectivity index (χ2v) is 4.27. The van der Waals surface area contributed by atoms with Gasteiger partial charge in [-0.3, -0.25) is 0 Å². The maximum atomic E-state index is 5.68. The van der Waals surface area contributed by atoms with Gasteiger partial charge < -0.3 is 10.3 Å². The lowest BCUT2D eigenvalue weighted by Crippen LogP contribution is -2.18. The maximum absolute atomic E-state index is 5.68. The van der Waals surface area contributed by atoms with Crippen LogP contribution in [0.25, 0.3) is 0 Å². The van der Waals surface area contributed by atoms with Crippen LogP contribution in [0.15, 0.2) is 34.9 Å². The average Bonchev–Trinajstić information content (AvgIpc) is 2.75. The number of nitrogens with two attached hydrogens (primary N) is 1. The van der Waals surface area contributed by atoms with Crippen LogP contribution in [0.4, 0.5) is 0 Å². The Morgan fingerprint density at radius 1 is 1.24 bits per heavy atom. The lowest BCUT2D eigenvalue weighted by Gasteiger charge is -1.97. The molecule has 2 rings (SSSR count). The summed E-state index contributed by atoms with van der Waals surface area (Å²) >= 11 is 0. The lowest BCUT2D eigenvalue weighted by atomic mass is 10.1. The standard InChI is InChI=1S/C13H17N3O/c1-10(14)9-12-15-13(17-16-12)8-7-11-5-3-2-4-6-11/h2-6,10H,7-9,14H2,1H3. The van der Waals surface area contributed by atoms with Crippen molar-refractivity contribution in [2.75, 3.05) is 0 Å². The van der Waals surface area contributed by atoms with Gasteiger partial charge in [0.05, 0.1) is 0 Å². The van der Waals surface area contributed by atoms with Crippen molar-refractivity contribution >= 4 is 0 Å². The van der Waals surface area contributed by atoms with Crippen LogP contribution in [0, 0.1) is 0 Å². The molecule has 1 atom stereocenters. The fraction of sp³-hybridized carbons (Fsp3) is 0.385. The first-order valence-electron chi connectivity index (χ1n) is 5.85. The van der Waals surface area contributed by atoms with Crippen LogP contribution in [0.2, 0.25) is 0 Å². The molecule has 17 heavy (non-hydrogen) atoms. The summed E-state index contributed by atoms with van der Waals surface area (Å²) in [5, 5.41) is 3.90. The van der Waals surface area contributed by atoms with Crippen LogP contribution in [-0.2, 0) is 19.3 Å². The Hall–Kier alpha value is -1.68. The summed E-state index contributed by atoms with van der Waals surface area (Å²) in [6, 6.07) is 10.3. The van der Waals surface area contributed by atoms with Crippen molar-refractivity contribution in [1.82, 2.24) is 10.1 Å². The molecule has 0 saturated carbocycles. The van der Waals surface area contributed by atoms with E-state index < -0.39 is 0 Å². The third-order valence-electron chi connectivity index (χ3n) is 2.49. The van der Waals surface area contributed by atoms with Crippen molar-refractivity contribution in [1.29, 1.82) is 0 Å². The van der Waals surface area contributed by atoms with E-state index in [9.17, 15) is 0 Å². The van der Waals surface area contributed by atoms with Crippen molar-refractivity contribution in [3.8, 4) is 0 Å². The normalized spacial score (nSPS) is 12.6. The second kappa shape index (κ2) is 5.59. The maximum Gasteiger partial charge on any atom is 0.226 e. The minimum absolute atomic E-state index is 0.0644. The third kappa shape index (κ3) is 3.67. The number of hydrogen-bond acceptors (Lipinski definition) is 4. The first kappa shape index (κ1) is 11.8. The first-order chi connectivity index (χ1) is 8.24. The fourth-order valence-corrected chi connectivity index (χ4v) is 1.66. The largest absolute Gasteiger partial charge is 0.339 e. The molecule has 1 unspecified atom stereocenters. The lowest BCUT2D eigenvalue weighted by molar-refractivity contribution is 0.372. The molecule has 2 N–H and O–H groups in total. The molecule has 0 radical (unpaired) electrons. The van der Waals surface area contributed by atoms with Crippen molar-refractivity contribution in [3.63, 3.8) is 0 Å². The van der Waals surface area contributed by atoms with Crippen LogP contribution in [0.5, 0.6) is 0 Å². The molecule has 0 aliphatic rings. The van der Waals surface area contributed by atoms with Crippen molar-refractivity contribution in [3.05, 3.63) is 47.6 Å². The molecule has 0 aliphatic carbocycles. The quantitative estimate of drug-likeness (QED) is 0.851. The predicted octanol–water partition coefficient (Wildman–Crippen LogP) is 1.74. The molecule has 0 saturated heterocycles. The van der Waals surface area contributed by atoms with E-state index in [-0.39, 0.29) is 6.04 Å². The van der Waals surface area contributed by atoms with Gasteiger partial charge in [-0.25, -0.2) is 0 Å². The van der Waals surface area contributed by atoms with Crippen molar-refractivity contribution in [2.24, 2.45) is 5.73 Å². The van der Waals surface area contributed by atoms with Gasteiger partial charge in [-0.15, -0.1) is 0 Å². The van der Waals surface area contributed by atoms with Gasteiger partial charge in [0, 0.05) is 18.9 Å². The molecule has 4 nitrogen and oxygen atoms in total. The highest BCUT2D eigenvalue weighted by molar-refractivity contribution is 5.15. The van der Waals surface area contributed by atoms with E-state index in [0.29, 0.717) is 18.1 Å². The molecule has 1 heterocycles. The molecular weight excluding hydrogens is 214 g/mol.